The second-order valence-electron chi connectivity index (χ2n) is 6.38. The van der Waals surface area contributed by atoms with Gasteiger partial charge in [-0.25, -0.2) is 4.68 Å². The Morgan fingerprint density at radius 3 is 2.84 bits per heavy atom. The number of amides is 1. The lowest BCUT2D eigenvalue weighted by Crippen LogP contribution is -2.34. The van der Waals surface area contributed by atoms with Gasteiger partial charge in [0.2, 0.25) is 0 Å². The zero-order valence-corrected chi connectivity index (χ0v) is 14.5. The SMILES string of the molecule is C[C@H](NC(=O)c1cc(-c2ccco2)n(-c2cccc(Cl)c2)n1)C1CC1. The average molecular weight is 356 g/mol. The number of aromatic nitrogens is 2. The van der Waals surface area contributed by atoms with Crippen molar-refractivity contribution in [1.82, 2.24) is 15.1 Å². The maximum Gasteiger partial charge on any atom is 0.272 e. The summed E-state index contributed by atoms with van der Waals surface area (Å²) in [6.45, 7) is 2.04. The van der Waals surface area contributed by atoms with Crippen LogP contribution >= 0.6 is 11.6 Å². The van der Waals surface area contributed by atoms with Gasteiger partial charge in [0.05, 0.1) is 12.0 Å². The molecule has 1 fully saturated rings. The van der Waals surface area contributed by atoms with Crippen LogP contribution in [0.25, 0.3) is 17.1 Å². The van der Waals surface area contributed by atoms with E-state index in [1.807, 2.05) is 25.1 Å². The van der Waals surface area contributed by atoms with E-state index in [0.29, 0.717) is 28.1 Å². The minimum Gasteiger partial charge on any atom is -0.463 e. The molecule has 2 heterocycles. The minimum atomic E-state index is -0.173. The lowest BCUT2D eigenvalue weighted by molar-refractivity contribution is 0.0930. The van der Waals surface area contributed by atoms with Crippen LogP contribution in [-0.2, 0) is 0 Å². The predicted molar refractivity (Wildman–Crippen MR) is 95.9 cm³/mol. The normalized spacial score (nSPS) is 15.1. The molecule has 1 aliphatic carbocycles. The lowest BCUT2D eigenvalue weighted by atomic mass is 10.2. The molecular weight excluding hydrogens is 338 g/mol. The molecular formula is C19H18ClN3O2. The highest BCUT2D eigenvalue weighted by molar-refractivity contribution is 6.30. The first-order chi connectivity index (χ1) is 12.1. The van der Waals surface area contributed by atoms with E-state index in [2.05, 4.69) is 10.4 Å². The molecule has 1 aliphatic rings. The monoisotopic (exact) mass is 355 g/mol. The molecule has 6 heteroatoms. The van der Waals surface area contributed by atoms with Gasteiger partial charge < -0.3 is 9.73 Å². The summed E-state index contributed by atoms with van der Waals surface area (Å²) < 4.78 is 7.19. The maximum absolute atomic E-state index is 12.6. The Balaban J connectivity index is 1.72. The molecule has 5 nitrogen and oxygen atoms in total. The number of carbonyl (C=O) groups is 1. The van der Waals surface area contributed by atoms with Crippen LogP contribution in [0.15, 0.2) is 53.1 Å². The van der Waals surface area contributed by atoms with Crippen LogP contribution in [-0.4, -0.2) is 21.7 Å². The van der Waals surface area contributed by atoms with Gasteiger partial charge in [-0.1, -0.05) is 17.7 Å². The highest BCUT2D eigenvalue weighted by atomic mass is 35.5. The van der Waals surface area contributed by atoms with E-state index in [9.17, 15) is 4.79 Å². The van der Waals surface area contributed by atoms with Crippen molar-refractivity contribution in [3.63, 3.8) is 0 Å². The van der Waals surface area contributed by atoms with E-state index in [1.54, 1.807) is 35.2 Å². The smallest absolute Gasteiger partial charge is 0.272 e. The summed E-state index contributed by atoms with van der Waals surface area (Å²) in [5.41, 5.74) is 1.84. The first-order valence-corrected chi connectivity index (χ1v) is 8.70. The summed E-state index contributed by atoms with van der Waals surface area (Å²) in [4.78, 5) is 12.6. The van der Waals surface area contributed by atoms with Gasteiger partial charge in [-0.2, -0.15) is 5.10 Å². The molecule has 1 amide bonds. The third kappa shape index (κ3) is 3.33. The molecule has 1 saturated carbocycles. The van der Waals surface area contributed by atoms with E-state index < -0.39 is 0 Å². The molecule has 0 radical (unpaired) electrons. The van der Waals surface area contributed by atoms with Crippen molar-refractivity contribution < 1.29 is 9.21 Å². The van der Waals surface area contributed by atoms with Crippen molar-refractivity contribution in [3.8, 4) is 17.1 Å². The van der Waals surface area contributed by atoms with Crippen molar-refractivity contribution in [3.05, 3.63) is 59.4 Å². The second-order valence-corrected chi connectivity index (χ2v) is 6.82. The first kappa shape index (κ1) is 16.0. The molecule has 128 valence electrons. The number of hydrogen-bond donors (Lipinski definition) is 1. The number of rotatable bonds is 5. The lowest BCUT2D eigenvalue weighted by Gasteiger charge is -2.11. The second kappa shape index (κ2) is 6.41. The van der Waals surface area contributed by atoms with Crippen LogP contribution in [0.1, 0.15) is 30.3 Å². The third-order valence-electron chi connectivity index (χ3n) is 4.46. The summed E-state index contributed by atoms with van der Waals surface area (Å²) in [6.07, 6.45) is 3.95. The maximum atomic E-state index is 12.6. The average Bonchev–Trinajstić information content (AvgIpc) is 3.13. The topological polar surface area (TPSA) is 60.1 Å². The van der Waals surface area contributed by atoms with Crippen LogP contribution < -0.4 is 5.32 Å². The van der Waals surface area contributed by atoms with Gasteiger partial charge in [0, 0.05) is 17.1 Å². The molecule has 0 saturated heterocycles. The van der Waals surface area contributed by atoms with E-state index in [-0.39, 0.29) is 11.9 Å². The summed E-state index contributed by atoms with van der Waals surface area (Å²) in [7, 11) is 0. The molecule has 0 spiro atoms. The van der Waals surface area contributed by atoms with Crippen LogP contribution in [0.3, 0.4) is 0 Å². The standard InChI is InChI=1S/C19H18ClN3O2/c1-12(13-7-8-13)21-19(24)16-11-17(18-6-3-9-25-18)23(22-16)15-5-2-4-14(20)10-15/h2-6,9-13H,7-8H2,1H3,(H,21,24)/t12-/m0/s1. The van der Waals surface area contributed by atoms with E-state index >= 15 is 0 Å². The number of nitrogens with one attached hydrogen (secondary N) is 1. The Labute approximate surface area is 150 Å². The predicted octanol–water partition coefficient (Wildman–Crippen LogP) is 4.31. The van der Waals surface area contributed by atoms with E-state index in [0.717, 1.165) is 5.69 Å². The molecule has 0 aliphatic heterocycles. The number of carbonyl (C=O) groups excluding carboxylic acids is 1. The Morgan fingerprint density at radius 2 is 2.16 bits per heavy atom. The number of nitrogens with zero attached hydrogens (tertiary/aromatic N) is 2. The molecule has 0 unspecified atom stereocenters. The molecule has 1 N–H and O–H groups in total. The number of furan rings is 1. The van der Waals surface area contributed by atoms with Gasteiger partial charge in [0.25, 0.3) is 5.91 Å². The largest absolute Gasteiger partial charge is 0.463 e. The van der Waals surface area contributed by atoms with Gasteiger partial charge in [0.1, 0.15) is 5.69 Å². The Bertz CT molecular complexity index is 897. The molecule has 2 aromatic heterocycles. The van der Waals surface area contributed by atoms with Crippen LogP contribution in [0.2, 0.25) is 5.02 Å². The summed E-state index contributed by atoms with van der Waals surface area (Å²) >= 11 is 6.11. The van der Waals surface area contributed by atoms with Crippen molar-refractivity contribution in [1.29, 1.82) is 0 Å². The fourth-order valence-electron chi connectivity index (χ4n) is 2.89. The molecule has 0 bridgehead atoms. The van der Waals surface area contributed by atoms with Crippen molar-refractivity contribution in [2.45, 2.75) is 25.8 Å². The summed E-state index contributed by atoms with van der Waals surface area (Å²) in [5.74, 6) is 1.05. The fourth-order valence-corrected chi connectivity index (χ4v) is 3.08. The van der Waals surface area contributed by atoms with Crippen molar-refractivity contribution >= 4 is 17.5 Å². The molecule has 1 aromatic carbocycles. The Morgan fingerprint density at radius 1 is 1.32 bits per heavy atom. The number of benzene rings is 1. The van der Waals surface area contributed by atoms with Crippen LogP contribution in [0.5, 0.6) is 0 Å². The summed E-state index contributed by atoms with van der Waals surface area (Å²) in [6, 6.07) is 12.9. The highest BCUT2D eigenvalue weighted by Gasteiger charge is 2.30. The van der Waals surface area contributed by atoms with E-state index in [4.69, 9.17) is 16.0 Å². The Kier molecular flexibility index (Phi) is 4.09. The molecule has 3 aromatic rings. The highest BCUT2D eigenvalue weighted by Crippen LogP contribution is 2.32. The first-order valence-electron chi connectivity index (χ1n) is 8.32. The summed E-state index contributed by atoms with van der Waals surface area (Å²) in [5, 5.41) is 8.14. The number of hydrogen-bond acceptors (Lipinski definition) is 3. The zero-order chi connectivity index (χ0) is 17.4. The molecule has 1 atom stereocenters. The van der Waals surface area contributed by atoms with Crippen LogP contribution in [0, 0.1) is 5.92 Å². The van der Waals surface area contributed by atoms with Gasteiger partial charge >= 0.3 is 0 Å². The van der Waals surface area contributed by atoms with Gasteiger partial charge in [-0.3, -0.25) is 4.79 Å². The zero-order valence-electron chi connectivity index (χ0n) is 13.8. The molecule has 4 rings (SSSR count). The van der Waals surface area contributed by atoms with Crippen LogP contribution in [0.4, 0.5) is 0 Å². The third-order valence-corrected chi connectivity index (χ3v) is 4.69. The molecule has 25 heavy (non-hydrogen) atoms. The van der Waals surface area contributed by atoms with Gasteiger partial charge in [0.15, 0.2) is 11.5 Å². The van der Waals surface area contributed by atoms with Gasteiger partial charge in [-0.05, 0) is 56.0 Å². The van der Waals surface area contributed by atoms with Gasteiger partial charge in [-0.15, -0.1) is 0 Å². The quantitative estimate of drug-likeness (QED) is 0.741. The van der Waals surface area contributed by atoms with Crippen molar-refractivity contribution in [2.24, 2.45) is 5.92 Å². The van der Waals surface area contributed by atoms with Crippen molar-refractivity contribution in [2.75, 3.05) is 0 Å². The Hall–Kier alpha value is -2.53. The van der Waals surface area contributed by atoms with E-state index in [1.165, 1.54) is 12.8 Å². The fraction of sp³-hybridized carbons (Fsp3) is 0.263. The number of halogens is 1. The minimum absolute atomic E-state index is 0.163.